The highest BCUT2D eigenvalue weighted by Gasteiger charge is 2.25. The molecule has 11 rings (SSSR count). The molecule has 0 aliphatic carbocycles. The molecule has 1 heterocycles. The van der Waals surface area contributed by atoms with Crippen LogP contribution in [0.5, 0.6) is 0 Å². The van der Waals surface area contributed by atoms with Crippen molar-refractivity contribution in [2.45, 2.75) is 0 Å². The molecule has 0 N–H and O–H groups in total. The highest BCUT2D eigenvalue weighted by Crippen LogP contribution is 2.50. The zero-order valence-corrected chi connectivity index (χ0v) is 31.4. The molecule has 0 unspecified atom stereocenters. The van der Waals surface area contributed by atoms with Crippen LogP contribution in [0.15, 0.2) is 212 Å². The molecule has 0 saturated heterocycles. The first-order valence-electron chi connectivity index (χ1n) is 19.2. The standard InChI is InChI=1S/C54H35NS/c1-2-14-36(15-3-1)40-29-32-50(49(34-40)45-25-12-19-37-16-4-7-21-42(37)45)55(41-30-31-47-46-24-10-11-27-52(46)56-53(47)35-41)51-33-28-39-18-6-9-23-44(39)54(51)48-26-13-20-38-17-5-8-22-43(38)48/h1-35H. The minimum absolute atomic E-state index is 1.12. The lowest BCUT2D eigenvalue weighted by atomic mass is 9.90. The SMILES string of the molecule is c1ccc(-c2ccc(N(c3ccc4c(c3)sc3ccccc34)c3ccc4ccccc4c3-c3cccc4ccccc34)c(-c3cccc4ccccc34)c2)cc1. The Morgan fingerprint density at radius 1 is 0.304 bits per heavy atom. The lowest BCUT2D eigenvalue weighted by Crippen LogP contribution is -2.13. The molecule has 0 bridgehead atoms. The third kappa shape index (κ3) is 5.38. The van der Waals surface area contributed by atoms with Crippen molar-refractivity contribution in [3.63, 3.8) is 0 Å². The molecule has 10 aromatic carbocycles. The number of thiophene rings is 1. The first-order valence-corrected chi connectivity index (χ1v) is 20.0. The maximum Gasteiger partial charge on any atom is 0.0546 e. The topological polar surface area (TPSA) is 3.24 Å². The molecule has 0 spiro atoms. The molecule has 56 heavy (non-hydrogen) atoms. The molecule has 0 saturated carbocycles. The molecular weight excluding hydrogens is 695 g/mol. The van der Waals surface area contributed by atoms with Crippen molar-refractivity contribution in [1.82, 2.24) is 0 Å². The van der Waals surface area contributed by atoms with Crippen molar-refractivity contribution >= 4 is 80.9 Å². The van der Waals surface area contributed by atoms with Gasteiger partial charge in [0.1, 0.15) is 0 Å². The van der Waals surface area contributed by atoms with Crippen molar-refractivity contribution < 1.29 is 0 Å². The van der Waals surface area contributed by atoms with Crippen LogP contribution in [-0.2, 0) is 0 Å². The summed E-state index contributed by atoms with van der Waals surface area (Å²) < 4.78 is 2.57. The largest absolute Gasteiger partial charge is 0.309 e. The van der Waals surface area contributed by atoms with E-state index in [2.05, 4.69) is 217 Å². The second kappa shape index (κ2) is 13.4. The molecule has 2 heteroatoms. The quantitative estimate of drug-likeness (QED) is 0.165. The summed E-state index contributed by atoms with van der Waals surface area (Å²) >= 11 is 1.86. The minimum Gasteiger partial charge on any atom is -0.309 e. The maximum atomic E-state index is 2.53. The number of nitrogens with zero attached hydrogens (tertiary/aromatic N) is 1. The van der Waals surface area contributed by atoms with Crippen LogP contribution in [0.4, 0.5) is 17.1 Å². The summed E-state index contributed by atoms with van der Waals surface area (Å²) in [6, 6.07) is 78.0. The Morgan fingerprint density at radius 3 is 1.64 bits per heavy atom. The highest BCUT2D eigenvalue weighted by molar-refractivity contribution is 7.25. The molecule has 0 aliphatic heterocycles. The van der Waals surface area contributed by atoms with E-state index in [1.165, 1.54) is 85.9 Å². The normalized spacial score (nSPS) is 11.6. The number of hydrogen-bond acceptors (Lipinski definition) is 2. The van der Waals surface area contributed by atoms with Gasteiger partial charge < -0.3 is 4.90 Å². The number of anilines is 3. The van der Waals surface area contributed by atoms with Gasteiger partial charge in [-0.25, -0.2) is 0 Å². The van der Waals surface area contributed by atoms with Crippen LogP contribution in [0.3, 0.4) is 0 Å². The molecule has 11 aromatic rings. The third-order valence-corrected chi connectivity index (χ3v) is 12.4. The summed E-state index contributed by atoms with van der Waals surface area (Å²) in [7, 11) is 0. The first-order chi connectivity index (χ1) is 27.8. The number of rotatable bonds is 6. The molecule has 0 radical (unpaired) electrons. The first kappa shape index (κ1) is 32.4. The fraction of sp³-hybridized carbons (Fsp3) is 0. The molecule has 0 aliphatic rings. The number of fused-ring (bicyclic) bond motifs is 6. The Morgan fingerprint density at radius 2 is 0.875 bits per heavy atom. The fourth-order valence-corrected chi connectivity index (χ4v) is 9.79. The van der Waals surface area contributed by atoms with E-state index in [1.807, 2.05) is 11.3 Å². The van der Waals surface area contributed by atoms with Crippen LogP contribution in [0.25, 0.3) is 85.9 Å². The smallest absolute Gasteiger partial charge is 0.0546 e. The predicted octanol–water partition coefficient (Wildman–Crippen LogP) is 16.0. The van der Waals surface area contributed by atoms with Gasteiger partial charge in [-0.15, -0.1) is 11.3 Å². The molecular formula is C54H35NS. The van der Waals surface area contributed by atoms with E-state index < -0.39 is 0 Å². The van der Waals surface area contributed by atoms with E-state index in [9.17, 15) is 0 Å². The van der Waals surface area contributed by atoms with Gasteiger partial charge in [0.25, 0.3) is 0 Å². The highest BCUT2D eigenvalue weighted by atomic mass is 32.1. The second-order valence-corrected chi connectivity index (χ2v) is 15.5. The summed E-state index contributed by atoms with van der Waals surface area (Å²) in [6.45, 7) is 0. The minimum atomic E-state index is 1.12. The number of hydrogen-bond donors (Lipinski definition) is 0. The van der Waals surface area contributed by atoms with Crippen molar-refractivity contribution in [2.75, 3.05) is 4.90 Å². The Hall–Kier alpha value is -7.00. The van der Waals surface area contributed by atoms with E-state index in [1.54, 1.807) is 0 Å². The van der Waals surface area contributed by atoms with Gasteiger partial charge in [0.15, 0.2) is 0 Å². The monoisotopic (exact) mass is 729 g/mol. The molecule has 0 amide bonds. The molecule has 1 nitrogen and oxygen atoms in total. The van der Waals surface area contributed by atoms with E-state index in [-0.39, 0.29) is 0 Å². The molecule has 1 aromatic heterocycles. The average molecular weight is 730 g/mol. The summed E-state index contributed by atoms with van der Waals surface area (Å²) in [5.41, 5.74) is 10.6. The molecule has 0 atom stereocenters. The van der Waals surface area contributed by atoms with Crippen LogP contribution in [0.1, 0.15) is 0 Å². The van der Waals surface area contributed by atoms with Crippen LogP contribution in [0, 0.1) is 0 Å². The molecule has 262 valence electrons. The Balaban J connectivity index is 1.27. The van der Waals surface area contributed by atoms with Gasteiger partial charge in [0.05, 0.1) is 11.4 Å². The lowest BCUT2D eigenvalue weighted by Gasteiger charge is -2.31. The van der Waals surface area contributed by atoms with Gasteiger partial charge in [-0.2, -0.15) is 0 Å². The van der Waals surface area contributed by atoms with Gasteiger partial charge in [-0.1, -0.05) is 176 Å². The van der Waals surface area contributed by atoms with E-state index in [0.29, 0.717) is 0 Å². The summed E-state index contributed by atoms with van der Waals surface area (Å²) in [6.07, 6.45) is 0. The van der Waals surface area contributed by atoms with Gasteiger partial charge in [0, 0.05) is 37.0 Å². The van der Waals surface area contributed by atoms with Crippen molar-refractivity contribution in [3.05, 3.63) is 212 Å². The Kier molecular flexibility index (Phi) is 7.75. The third-order valence-electron chi connectivity index (χ3n) is 11.3. The van der Waals surface area contributed by atoms with Gasteiger partial charge in [-0.3, -0.25) is 0 Å². The summed E-state index contributed by atoms with van der Waals surface area (Å²) in [5, 5.41) is 9.95. The van der Waals surface area contributed by atoms with Crippen molar-refractivity contribution in [3.8, 4) is 33.4 Å². The maximum absolute atomic E-state index is 2.53. The molecule has 0 fully saturated rings. The van der Waals surface area contributed by atoms with Crippen LogP contribution >= 0.6 is 11.3 Å². The van der Waals surface area contributed by atoms with Crippen molar-refractivity contribution in [1.29, 1.82) is 0 Å². The van der Waals surface area contributed by atoms with E-state index >= 15 is 0 Å². The zero-order chi connectivity index (χ0) is 37.0. The Bertz CT molecular complexity index is 3260. The zero-order valence-electron chi connectivity index (χ0n) is 30.6. The van der Waals surface area contributed by atoms with Crippen molar-refractivity contribution in [2.24, 2.45) is 0 Å². The average Bonchev–Trinajstić information content (AvgIpc) is 3.64. The number of benzene rings is 10. The fourth-order valence-electron chi connectivity index (χ4n) is 8.65. The Labute approximate surface area is 330 Å². The lowest BCUT2D eigenvalue weighted by molar-refractivity contribution is 1.30. The van der Waals surface area contributed by atoms with Gasteiger partial charge in [-0.05, 0) is 91.0 Å². The summed E-state index contributed by atoms with van der Waals surface area (Å²) in [4.78, 5) is 2.53. The van der Waals surface area contributed by atoms with Crippen LogP contribution in [-0.4, -0.2) is 0 Å². The van der Waals surface area contributed by atoms with Crippen LogP contribution in [0.2, 0.25) is 0 Å². The van der Waals surface area contributed by atoms with E-state index in [0.717, 1.165) is 17.1 Å². The van der Waals surface area contributed by atoms with Gasteiger partial charge in [0.2, 0.25) is 0 Å². The van der Waals surface area contributed by atoms with Crippen LogP contribution < -0.4 is 4.90 Å². The predicted molar refractivity (Wildman–Crippen MR) is 243 cm³/mol. The van der Waals surface area contributed by atoms with Gasteiger partial charge >= 0.3 is 0 Å². The summed E-state index contributed by atoms with van der Waals surface area (Å²) in [5.74, 6) is 0. The van der Waals surface area contributed by atoms with E-state index in [4.69, 9.17) is 0 Å². The second-order valence-electron chi connectivity index (χ2n) is 14.4.